The van der Waals surface area contributed by atoms with Crippen LogP contribution in [0.4, 0.5) is 0 Å². The summed E-state index contributed by atoms with van der Waals surface area (Å²) >= 11 is 0. The lowest BCUT2D eigenvalue weighted by atomic mass is 10.0. The van der Waals surface area contributed by atoms with Gasteiger partial charge in [0.1, 0.15) is 28.6 Å². The lowest BCUT2D eigenvalue weighted by Gasteiger charge is -2.44. The highest BCUT2D eigenvalue weighted by atomic mass is 28.4. The average Bonchev–Trinajstić information content (AvgIpc) is 3.64. The normalized spacial score (nSPS) is 15.2. The first-order valence-electron chi connectivity index (χ1n) is 15.0. The molecule has 0 spiro atoms. The van der Waals surface area contributed by atoms with Gasteiger partial charge in [0.15, 0.2) is 0 Å². The van der Waals surface area contributed by atoms with E-state index in [4.69, 9.17) is 14.3 Å². The zero-order chi connectivity index (χ0) is 30.9. The van der Waals surface area contributed by atoms with E-state index in [0.717, 1.165) is 40.8 Å². The molecule has 7 heteroatoms. The molecule has 222 valence electrons. The molecule has 44 heavy (non-hydrogen) atoms. The zero-order valence-corrected chi connectivity index (χ0v) is 26.6. The van der Waals surface area contributed by atoms with Crippen molar-refractivity contribution < 1.29 is 14.3 Å². The van der Waals surface area contributed by atoms with Gasteiger partial charge in [0.25, 0.3) is 8.32 Å². The Balaban J connectivity index is 1.40. The number of ether oxygens (including phenoxy) is 1. The summed E-state index contributed by atoms with van der Waals surface area (Å²) in [6, 6.07) is 35.0. The highest BCUT2D eigenvalue weighted by Gasteiger charge is 2.51. The van der Waals surface area contributed by atoms with Gasteiger partial charge >= 0.3 is 0 Å². The molecule has 1 aliphatic rings. The molecule has 4 aromatic carbocycles. The van der Waals surface area contributed by atoms with E-state index < -0.39 is 8.32 Å². The van der Waals surface area contributed by atoms with E-state index in [1.165, 1.54) is 10.4 Å². The maximum Gasteiger partial charge on any atom is 0.261 e. The van der Waals surface area contributed by atoms with Crippen molar-refractivity contribution in [1.29, 1.82) is 5.26 Å². The molecule has 6 rings (SSSR count). The van der Waals surface area contributed by atoms with Gasteiger partial charge in [-0.1, -0.05) is 99.6 Å². The van der Waals surface area contributed by atoms with Crippen LogP contribution in [0.25, 0.3) is 16.5 Å². The van der Waals surface area contributed by atoms with Crippen LogP contribution in [-0.2, 0) is 11.0 Å². The van der Waals surface area contributed by atoms with Crippen molar-refractivity contribution in [1.82, 2.24) is 9.78 Å². The molecule has 1 atom stereocenters. The Bertz CT molecular complexity index is 1810. The van der Waals surface area contributed by atoms with E-state index >= 15 is 0 Å². The number of fused-ring (bicyclic) bond motifs is 1. The first-order chi connectivity index (χ1) is 21.2. The molecular weight excluding hydrogens is 563 g/mol. The molecule has 0 fully saturated rings. The van der Waals surface area contributed by atoms with Crippen molar-refractivity contribution in [2.45, 2.75) is 51.3 Å². The molecule has 0 radical (unpaired) electrons. The zero-order valence-electron chi connectivity index (χ0n) is 25.6. The molecule has 0 amide bonds. The van der Waals surface area contributed by atoms with Crippen LogP contribution in [0.2, 0.25) is 5.04 Å². The summed E-state index contributed by atoms with van der Waals surface area (Å²) in [5.41, 5.74) is 3.85. The second kappa shape index (κ2) is 11.8. The van der Waals surface area contributed by atoms with Crippen LogP contribution in [0.15, 0.2) is 103 Å². The Morgan fingerprint density at radius 2 is 1.57 bits per heavy atom. The van der Waals surface area contributed by atoms with Gasteiger partial charge in [-0.2, -0.15) is 10.4 Å². The molecule has 0 saturated carbocycles. The van der Waals surface area contributed by atoms with Crippen molar-refractivity contribution in [3.8, 4) is 17.6 Å². The van der Waals surface area contributed by atoms with E-state index in [2.05, 4.69) is 93.6 Å². The Morgan fingerprint density at radius 1 is 0.932 bits per heavy atom. The average molecular weight is 600 g/mol. The third kappa shape index (κ3) is 5.21. The van der Waals surface area contributed by atoms with Crippen LogP contribution in [-0.4, -0.2) is 36.4 Å². The monoisotopic (exact) mass is 599 g/mol. The molecule has 1 unspecified atom stereocenters. The standard InChI is InChI=1S/C37H37N3O3Si/c1-37(2,3)44(30-11-7-5-8-12-30,31-13-9-6-10-14-31)43-29-20-17-27(23-29)36-32-21-22-34(41)33(24-38)35(32)39-40(36)25-26-15-18-28(42-4)19-16-26/h5-19,21-22,29,41H,20,23,25H2,1-4H3. The molecule has 1 heterocycles. The van der Waals surface area contributed by atoms with Crippen LogP contribution in [0.5, 0.6) is 11.5 Å². The number of rotatable bonds is 8. The minimum Gasteiger partial charge on any atom is -0.506 e. The number of nitriles is 1. The second-order valence-electron chi connectivity index (χ2n) is 12.4. The van der Waals surface area contributed by atoms with Crippen LogP contribution >= 0.6 is 0 Å². The summed E-state index contributed by atoms with van der Waals surface area (Å²) < 4.78 is 14.8. The van der Waals surface area contributed by atoms with Gasteiger partial charge in [-0.15, -0.1) is 0 Å². The maximum atomic E-state index is 10.5. The van der Waals surface area contributed by atoms with E-state index in [0.29, 0.717) is 12.1 Å². The summed E-state index contributed by atoms with van der Waals surface area (Å²) in [5.74, 6) is 0.729. The smallest absolute Gasteiger partial charge is 0.261 e. The van der Waals surface area contributed by atoms with Crippen LogP contribution in [0.1, 0.15) is 50.4 Å². The SMILES string of the molecule is COc1ccc(Cn2nc3c(C#N)c(O)ccc3c2C2=CCC(O[Si](c3ccccc3)(c3ccccc3)C(C)(C)C)C2)cc1. The highest BCUT2D eigenvalue weighted by Crippen LogP contribution is 2.42. The molecule has 6 nitrogen and oxygen atoms in total. The second-order valence-corrected chi connectivity index (χ2v) is 16.6. The molecule has 1 aromatic heterocycles. The van der Waals surface area contributed by atoms with Crippen LogP contribution < -0.4 is 15.1 Å². The Hall–Kier alpha value is -4.64. The van der Waals surface area contributed by atoms with E-state index in [1.54, 1.807) is 13.2 Å². The predicted molar refractivity (Wildman–Crippen MR) is 178 cm³/mol. The summed E-state index contributed by atoms with van der Waals surface area (Å²) in [4.78, 5) is 0. The fourth-order valence-corrected chi connectivity index (χ4v) is 11.3. The van der Waals surface area contributed by atoms with Gasteiger partial charge < -0.3 is 14.3 Å². The lowest BCUT2D eigenvalue weighted by Crippen LogP contribution is -2.67. The summed E-state index contributed by atoms with van der Waals surface area (Å²) in [7, 11) is -1.08. The molecule has 1 aliphatic carbocycles. The fourth-order valence-electron chi connectivity index (χ4n) is 6.56. The Morgan fingerprint density at radius 3 is 2.14 bits per heavy atom. The minimum atomic E-state index is -2.73. The van der Waals surface area contributed by atoms with Gasteiger partial charge in [-0.25, -0.2) is 0 Å². The number of phenolic OH excluding ortho intramolecular Hbond substituents is 1. The molecular formula is C37H37N3O3Si. The molecule has 5 aromatic rings. The van der Waals surface area contributed by atoms with Crippen LogP contribution in [0, 0.1) is 11.3 Å². The topological polar surface area (TPSA) is 80.3 Å². The van der Waals surface area contributed by atoms with Gasteiger partial charge in [0.05, 0.1) is 25.5 Å². The van der Waals surface area contributed by atoms with Crippen molar-refractivity contribution in [2.24, 2.45) is 0 Å². The van der Waals surface area contributed by atoms with Gasteiger partial charge in [-0.3, -0.25) is 4.68 Å². The fraction of sp³-hybridized carbons (Fsp3) is 0.243. The van der Waals surface area contributed by atoms with Crippen LogP contribution in [0.3, 0.4) is 0 Å². The quantitative estimate of drug-likeness (QED) is 0.199. The van der Waals surface area contributed by atoms with Gasteiger partial charge in [0, 0.05) is 5.39 Å². The highest BCUT2D eigenvalue weighted by molar-refractivity contribution is 6.99. The third-order valence-corrected chi connectivity index (χ3v) is 13.7. The molecule has 1 N–H and O–H groups in total. The number of hydrogen-bond donors (Lipinski definition) is 1. The summed E-state index contributed by atoms with van der Waals surface area (Å²) in [6.07, 6.45) is 3.74. The van der Waals surface area contributed by atoms with Gasteiger partial charge in [-0.05, 0) is 63.7 Å². The summed E-state index contributed by atoms with van der Waals surface area (Å²) in [5, 5.41) is 28.5. The number of aromatic nitrogens is 2. The molecule has 0 saturated heterocycles. The Labute approximate surface area is 259 Å². The number of benzene rings is 4. The predicted octanol–water partition coefficient (Wildman–Crippen LogP) is 6.79. The third-order valence-electron chi connectivity index (χ3n) is 8.63. The summed E-state index contributed by atoms with van der Waals surface area (Å²) in [6.45, 7) is 7.42. The minimum absolute atomic E-state index is 0.0248. The first-order valence-corrected chi connectivity index (χ1v) is 16.9. The Kier molecular flexibility index (Phi) is 7.89. The maximum absolute atomic E-state index is 10.5. The number of methoxy groups -OCH3 is 1. The molecule has 0 aliphatic heterocycles. The van der Waals surface area contributed by atoms with E-state index in [9.17, 15) is 10.4 Å². The number of phenols is 1. The number of aromatic hydroxyl groups is 1. The lowest BCUT2D eigenvalue weighted by molar-refractivity contribution is 0.202. The van der Waals surface area contributed by atoms with E-state index in [1.807, 2.05) is 35.0 Å². The largest absolute Gasteiger partial charge is 0.506 e. The van der Waals surface area contributed by atoms with Crippen molar-refractivity contribution in [2.75, 3.05) is 7.11 Å². The van der Waals surface area contributed by atoms with Gasteiger partial charge in [0.2, 0.25) is 0 Å². The van der Waals surface area contributed by atoms with Crippen molar-refractivity contribution in [3.05, 3.63) is 120 Å². The number of hydrogen-bond acceptors (Lipinski definition) is 5. The van der Waals surface area contributed by atoms with Crippen molar-refractivity contribution >= 4 is 35.2 Å². The van der Waals surface area contributed by atoms with E-state index in [-0.39, 0.29) is 22.5 Å². The number of nitrogens with zero attached hydrogens (tertiary/aromatic N) is 3. The molecule has 0 bridgehead atoms. The first kappa shape index (κ1) is 29.4. The van der Waals surface area contributed by atoms with Crippen molar-refractivity contribution in [3.63, 3.8) is 0 Å².